The minimum Gasteiger partial charge on any atom is -0.408 e. The van der Waals surface area contributed by atoms with Gasteiger partial charge >= 0.3 is 19.2 Å². The first kappa shape index (κ1) is 49.5. The third-order valence-corrected chi connectivity index (χ3v) is 18.9. The maximum absolute atomic E-state index is 14.4. The molecule has 20 heteroatoms. The van der Waals surface area contributed by atoms with Gasteiger partial charge in [-0.15, -0.1) is 0 Å². The highest BCUT2D eigenvalue weighted by atomic mass is 31.2. The maximum atomic E-state index is 14.4. The molecule has 0 N–H and O–H groups in total. The van der Waals surface area contributed by atoms with E-state index >= 15 is 0 Å². The van der Waals surface area contributed by atoms with Crippen LogP contribution in [0.15, 0.2) is 130 Å². The van der Waals surface area contributed by atoms with Crippen LogP contribution in [0.25, 0.3) is 0 Å². The second kappa shape index (κ2) is 21.0. The van der Waals surface area contributed by atoms with Crippen molar-refractivity contribution in [2.45, 2.75) is 114 Å². The zero-order valence-corrected chi connectivity index (χ0v) is 41.2. The van der Waals surface area contributed by atoms with E-state index in [0.717, 1.165) is 21.3 Å². The number of methoxy groups -OCH3 is 2. The van der Waals surface area contributed by atoms with Gasteiger partial charge in [0.2, 0.25) is 0 Å². The average molecular weight is 974 g/mol. The van der Waals surface area contributed by atoms with Crippen LogP contribution in [0.1, 0.15) is 49.9 Å². The lowest BCUT2D eigenvalue weighted by atomic mass is 10.1. The van der Waals surface area contributed by atoms with Crippen LogP contribution in [0, 0.1) is 0 Å². The number of fused-ring (bicyclic) bond motifs is 1. The third-order valence-electron chi connectivity index (χ3n) is 12.9. The van der Waals surface area contributed by atoms with Crippen LogP contribution in [0.5, 0.6) is 0 Å². The van der Waals surface area contributed by atoms with Gasteiger partial charge in [-0.3, -0.25) is 27.5 Å². The van der Waals surface area contributed by atoms with Gasteiger partial charge in [-0.25, -0.2) is 18.7 Å². The van der Waals surface area contributed by atoms with E-state index < -0.39 is 82.2 Å². The predicted octanol–water partition coefficient (Wildman–Crippen LogP) is 6.40. The van der Waals surface area contributed by atoms with Crippen molar-refractivity contribution in [3.05, 3.63) is 164 Å². The van der Waals surface area contributed by atoms with Gasteiger partial charge in [0.05, 0.1) is 19.8 Å². The van der Waals surface area contributed by atoms with Crippen LogP contribution in [-0.4, -0.2) is 91.1 Å². The molecule has 0 amide bonds. The Balaban J connectivity index is 0.992. The molecular weight excluding hydrogens is 914 g/mol. The molecule has 2 aromatic heterocycles. The molecule has 3 fully saturated rings. The number of phosphoric acid groups is 1. The van der Waals surface area contributed by atoms with Crippen LogP contribution >= 0.6 is 7.82 Å². The Labute approximate surface area is 395 Å². The molecule has 5 heterocycles. The molecule has 3 aliphatic rings. The topological polar surface area (TPSA) is 182 Å². The number of nitrogens with zero attached hydrogens (tertiary/aromatic N) is 5. The largest absolute Gasteiger partial charge is 0.475 e. The van der Waals surface area contributed by atoms with E-state index in [1.165, 1.54) is 35.6 Å². The maximum Gasteiger partial charge on any atom is 0.475 e. The monoisotopic (exact) mass is 973 g/mol. The first-order valence-corrected chi connectivity index (χ1v) is 26.9. The molecule has 0 aliphatic carbocycles. The van der Waals surface area contributed by atoms with Gasteiger partial charge in [-0.05, 0) is 40.9 Å². The first-order valence-electron chi connectivity index (χ1n) is 22.6. The van der Waals surface area contributed by atoms with Gasteiger partial charge in [-0.1, -0.05) is 112 Å². The van der Waals surface area contributed by atoms with E-state index in [2.05, 4.69) is 38.8 Å². The Hall–Kier alpha value is -4.89. The van der Waals surface area contributed by atoms with Crippen molar-refractivity contribution in [2.24, 2.45) is 0 Å². The molecule has 3 aromatic carbocycles. The summed E-state index contributed by atoms with van der Waals surface area (Å²) in [5.41, 5.74) is 1.15. The number of phosphoric ester groups is 1. The van der Waals surface area contributed by atoms with Gasteiger partial charge in [0, 0.05) is 45.8 Å². The molecule has 68 heavy (non-hydrogen) atoms. The average Bonchev–Trinajstić information content (AvgIpc) is 3.85. The van der Waals surface area contributed by atoms with E-state index in [9.17, 15) is 18.9 Å². The summed E-state index contributed by atoms with van der Waals surface area (Å²) in [6, 6.07) is 32.3. The summed E-state index contributed by atoms with van der Waals surface area (Å²) in [6.45, 7) is 10.7. The summed E-state index contributed by atoms with van der Waals surface area (Å²) in [5.74, 6) is 0.475. The zero-order valence-electron chi connectivity index (χ0n) is 39.3. The van der Waals surface area contributed by atoms with Crippen LogP contribution in [0.2, 0.25) is 18.1 Å². The molecule has 0 spiro atoms. The molecule has 18 nitrogen and oxygen atoms in total. The Bertz CT molecular complexity index is 2660. The molecule has 5 aromatic rings. The van der Waals surface area contributed by atoms with Crippen molar-refractivity contribution in [3.63, 3.8) is 0 Å². The number of aromatic nitrogens is 4. The second-order valence-electron chi connectivity index (χ2n) is 18.5. The summed E-state index contributed by atoms with van der Waals surface area (Å²) in [4.78, 5) is 47.4. The Morgan fingerprint density at radius 1 is 0.765 bits per heavy atom. The predicted molar refractivity (Wildman–Crippen MR) is 253 cm³/mol. The van der Waals surface area contributed by atoms with Crippen LogP contribution in [0.4, 0.5) is 5.82 Å². The summed E-state index contributed by atoms with van der Waals surface area (Å²) in [7, 11) is -4.01. The molecule has 364 valence electrons. The van der Waals surface area contributed by atoms with Crippen molar-refractivity contribution in [3.8, 4) is 0 Å². The van der Waals surface area contributed by atoms with E-state index in [-0.39, 0.29) is 31.6 Å². The van der Waals surface area contributed by atoms with E-state index in [4.69, 9.17) is 41.7 Å². The number of anilines is 1. The molecule has 1 unspecified atom stereocenters. The highest BCUT2D eigenvalue weighted by Crippen LogP contribution is 2.57. The molecule has 8 rings (SSSR count). The van der Waals surface area contributed by atoms with Crippen molar-refractivity contribution < 1.29 is 46.2 Å². The minimum atomic E-state index is -4.36. The fourth-order valence-electron chi connectivity index (χ4n) is 8.27. The van der Waals surface area contributed by atoms with Gasteiger partial charge in [0.15, 0.2) is 20.8 Å². The fraction of sp³-hybridized carbons (Fsp3) is 0.458. The number of hydrogen-bond donors (Lipinski definition) is 0. The highest BCUT2D eigenvalue weighted by molar-refractivity contribution is 7.48. The van der Waals surface area contributed by atoms with Crippen LogP contribution in [-0.2, 0) is 72.7 Å². The van der Waals surface area contributed by atoms with Crippen molar-refractivity contribution in [2.75, 3.05) is 32.3 Å². The normalized spacial score (nSPS) is 26.2. The lowest BCUT2D eigenvalue weighted by molar-refractivity contribution is -0.0855. The molecule has 0 radical (unpaired) electrons. The van der Waals surface area contributed by atoms with E-state index in [1.807, 2.05) is 95.9 Å². The van der Waals surface area contributed by atoms with Gasteiger partial charge in [-0.2, -0.15) is 4.98 Å². The van der Waals surface area contributed by atoms with Crippen LogP contribution in [0.3, 0.4) is 0 Å². The molecular formula is C48H60N5O13PSi. The minimum absolute atomic E-state index is 0.181. The number of rotatable bonds is 18. The smallest absolute Gasteiger partial charge is 0.408 e. The Morgan fingerprint density at radius 2 is 1.35 bits per heavy atom. The SMILES string of the molecule is CO[C@@H]1[C@@H]2OP(=O)(OC[C@H]3O[C@@H](n4ccc(=O)n(COCc5ccccc5)c4=O)[C@H](OC)[C@@H]3O[Si](C)(C)C(C)(C)C)OC[C@H]2O[C@H]1n1ccc(N(Cc2ccccc2)Cc2ccccc2)nc1=O. The summed E-state index contributed by atoms with van der Waals surface area (Å²) in [6.07, 6.45) is -4.51. The number of hydrogen-bond acceptors (Lipinski definition) is 15. The van der Waals surface area contributed by atoms with E-state index in [0.29, 0.717) is 18.9 Å². The number of ether oxygens (including phenoxy) is 5. The fourth-order valence-corrected chi connectivity index (χ4v) is 11.0. The third kappa shape index (κ3) is 10.9. The zero-order chi connectivity index (χ0) is 48.2. The van der Waals surface area contributed by atoms with Crippen molar-refractivity contribution in [1.29, 1.82) is 0 Å². The Morgan fingerprint density at radius 3 is 1.94 bits per heavy atom. The summed E-state index contributed by atoms with van der Waals surface area (Å²) in [5, 5.41) is -0.248. The second-order valence-corrected chi connectivity index (χ2v) is 24.9. The molecule has 9 atom stereocenters. The standard InChI is InChI=1S/C48H60N5O13PSi/c1-48(2,3)68(6,7)66-41-37(64-45(43(41)59-5)52-26-24-39(54)53(47(52)56)32-60-29-35-21-15-10-16-22-35)31-62-67(57)61-30-36-40(65-67)42(58-4)44(63-36)51-25-23-38(49-46(51)55)50(27-33-17-11-8-12-18-33)28-34-19-13-9-14-20-34/h8-26,36-37,40-45H,27-32H2,1-7H3/t36-,37-,40-,41-,42-,43-,44-,45-,67?/m1/s1. The van der Waals surface area contributed by atoms with E-state index in [1.54, 1.807) is 12.3 Å². The molecule has 0 saturated carbocycles. The molecule has 0 bridgehead atoms. The quantitative estimate of drug-likeness (QED) is 0.0694. The lowest BCUT2D eigenvalue weighted by Crippen LogP contribution is -2.50. The first-order chi connectivity index (χ1) is 32.6. The highest BCUT2D eigenvalue weighted by Gasteiger charge is 2.56. The summed E-state index contributed by atoms with van der Waals surface area (Å²) >= 11 is 0. The summed E-state index contributed by atoms with van der Waals surface area (Å²) < 4.78 is 73.4. The number of benzene rings is 3. The van der Waals surface area contributed by atoms with Crippen LogP contribution < -0.4 is 21.8 Å². The lowest BCUT2D eigenvalue weighted by Gasteiger charge is -2.40. The van der Waals surface area contributed by atoms with Gasteiger partial charge in [0.1, 0.15) is 49.2 Å². The van der Waals surface area contributed by atoms with Crippen molar-refractivity contribution >= 4 is 22.0 Å². The van der Waals surface area contributed by atoms with Gasteiger partial charge < -0.3 is 33.0 Å². The molecule has 3 aliphatic heterocycles. The Kier molecular flexibility index (Phi) is 15.3. The molecule has 3 saturated heterocycles. The van der Waals surface area contributed by atoms with Gasteiger partial charge in [0.25, 0.3) is 5.56 Å². The van der Waals surface area contributed by atoms with Crippen molar-refractivity contribution in [1.82, 2.24) is 18.7 Å².